The fourth-order valence-corrected chi connectivity index (χ4v) is 1.85. The second-order valence-electron chi connectivity index (χ2n) is 4.29. The number of nitrogens with one attached hydrogen (secondary N) is 1. The highest BCUT2D eigenvalue weighted by Gasteiger charge is 2.11. The molecule has 0 aliphatic rings. The Bertz CT molecular complexity index is 382. The monoisotopic (exact) mass is 252 g/mol. The number of hydrogen-bond acceptors (Lipinski definition) is 2. The molecular weight excluding hydrogens is 231 g/mol. The molecule has 0 bridgehead atoms. The third-order valence-electron chi connectivity index (χ3n) is 2.73. The normalized spacial score (nSPS) is 10.4. The summed E-state index contributed by atoms with van der Waals surface area (Å²) >= 11 is 0. The lowest BCUT2D eigenvalue weighted by atomic mass is 10.1. The number of likely N-dealkylation sites (N-methyl/N-ethyl adjacent to an activating group) is 1. The molecule has 0 heterocycles. The standard InChI is InChI=1S/C14H21FN2O/c1-3-8-17(14(18)11-16-2)9-7-12-5-4-6-13(15)10-12/h4-6,10,16H,3,7-9,11H2,1-2H3. The Labute approximate surface area is 108 Å². The van der Waals surface area contributed by atoms with Crippen molar-refractivity contribution < 1.29 is 9.18 Å². The zero-order chi connectivity index (χ0) is 13.4. The number of rotatable bonds is 7. The maximum Gasteiger partial charge on any atom is 0.236 e. The maximum absolute atomic E-state index is 13.0. The molecule has 0 aliphatic heterocycles. The predicted molar refractivity (Wildman–Crippen MR) is 70.9 cm³/mol. The van der Waals surface area contributed by atoms with Gasteiger partial charge in [0.2, 0.25) is 5.91 Å². The summed E-state index contributed by atoms with van der Waals surface area (Å²) in [7, 11) is 1.76. The molecule has 0 fully saturated rings. The van der Waals surface area contributed by atoms with Crippen molar-refractivity contribution >= 4 is 5.91 Å². The van der Waals surface area contributed by atoms with Crippen molar-refractivity contribution in [2.75, 3.05) is 26.7 Å². The first-order valence-corrected chi connectivity index (χ1v) is 6.34. The number of nitrogens with zero attached hydrogens (tertiary/aromatic N) is 1. The van der Waals surface area contributed by atoms with Gasteiger partial charge < -0.3 is 10.2 Å². The molecule has 18 heavy (non-hydrogen) atoms. The summed E-state index contributed by atoms with van der Waals surface area (Å²) in [5, 5.41) is 2.86. The van der Waals surface area contributed by atoms with Crippen LogP contribution >= 0.6 is 0 Å². The molecule has 0 saturated carbocycles. The summed E-state index contributed by atoms with van der Waals surface area (Å²) in [6, 6.07) is 6.53. The second kappa shape index (κ2) is 7.82. The Morgan fingerprint density at radius 2 is 2.17 bits per heavy atom. The van der Waals surface area contributed by atoms with Crippen LogP contribution in [0.5, 0.6) is 0 Å². The molecule has 0 atom stereocenters. The van der Waals surface area contributed by atoms with Crippen LogP contribution in [0.15, 0.2) is 24.3 Å². The third kappa shape index (κ3) is 4.84. The van der Waals surface area contributed by atoms with Gasteiger partial charge in [-0.3, -0.25) is 4.79 Å². The van der Waals surface area contributed by atoms with E-state index < -0.39 is 0 Å². The van der Waals surface area contributed by atoms with E-state index >= 15 is 0 Å². The van der Waals surface area contributed by atoms with Gasteiger partial charge in [-0.2, -0.15) is 0 Å². The molecule has 1 amide bonds. The largest absolute Gasteiger partial charge is 0.341 e. The molecule has 0 saturated heterocycles. The third-order valence-corrected chi connectivity index (χ3v) is 2.73. The van der Waals surface area contributed by atoms with E-state index in [1.165, 1.54) is 12.1 Å². The van der Waals surface area contributed by atoms with Crippen molar-refractivity contribution in [2.45, 2.75) is 19.8 Å². The summed E-state index contributed by atoms with van der Waals surface area (Å²) in [5.74, 6) is -0.133. The van der Waals surface area contributed by atoms with Gasteiger partial charge >= 0.3 is 0 Å². The van der Waals surface area contributed by atoms with E-state index in [4.69, 9.17) is 0 Å². The molecule has 0 unspecified atom stereocenters. The summed E-state index contributed by atoms with van der Waals surface area (Å²) in [4.78, 5) is 13.6. The zero-order valence-electron chi connectivity index (χ0n) is 11.1. The van der Waals surface area contributed by atoms with Crippen molar-refractivity contribution in [1.29, 1.82) is 0 Å². The van der Waals surface area contributed by atoms with Crippen LogP contribution in [0.1, 0.15) is 18.9 Å². The molecule has 0 aromatic heterocycles. The minimum atomic E-state index is -0.226. The minimum absolute atomic E-state index is 0.0933. The van der Waals surface area contributed by atoms with Gasteiger partial charge in [-0.05, 0) is 37.6 Å². The number of benzene rings is 1. The van der Waals surface area contributed by atoms with Crippen LogP contribution < -0.4 is 5.32 Å². The predicted octanol–water partition coefficient (Wildman–Crippen LogP) is 1.83. The molecule has 0 aliphatic carbocycles. The number of hydrogen-bond donors (Lipinski definition) is 1. The van der Waals surface area contributed by atoms with Crippen LogP contribution in [-0.4, -0.2) is 37.5 Å². The van der Waals surface area contributed by atoms with Gasteiger partial charge in [0, 0.05) is 13.1 Å². The highest BCUT2D eigenvalue weighted by molar-refractivity contribution is 5.78. The van der Waals surface area contributed by atoms with Gasteiger partial charge in [0.1, 0.15) is 5.82 Å². The molecule has 4 heteroatoms. The van der Waals surface area contributed by atoms with Crippen LogP contribution in [0.4, 0.5) is 4.39 Å². The van der Waals surface area contributed by atoms with Crippen LogP contribution in [0.3, 0.4) is 0 Å². The summed E-state index contributed by atoms with van der Waals surface area (Å²) in [6.07, 6.45) is 1.62. The van der Waals surface area contributed by atoms with Gasteiger partial charge in [0.05, 0.1) is 6.54 Å². The Balaban J connectivity index is 2.53. The van der Waals surface area contributed by atoms with Crippen LogP contribution in [0.25, 0.3) is 0 Å². The summed E-state index contributed by atoms with van der Waals surface area (Å²) in [5.41, 5.74) is 0.924. The molecule has 1 rings (SSSR count). The first kappa shape index (κ1) is 14.6. The Morgan fingerprint density at radius 3 is 2.78 bits per heavy atom. The molecule has 1 aromatic rings. The number of carbonyl (C=O) groups is 1. The first-order valence-electron chi connectivity index (χ1n) is 6.34. The number of carbonyl (C=O) groups excluding carboxylic acids is 1. The van der Waals surface area contributed by atoms with E-state index in [1.807, 2.05) is 17.9 Å². The average molecular weight is 252 g/mol. The van der Waals surface area contributed by atoms with Crippen LogP contribution in [0, 0.1) is 5.82 Å². The fourth-order valence-electron chi connectivity index (χ4n) is 1.85. The van der Waals surface area contributed by atoms with Crippen molar-refractivity contribution in [2.24, 2.45) is 0 Å². The average Bonchev–Trinajstić information content (AvgIpc) is 2.35. The van der Waals surface area contributed by atoms with E-state index in [2.05, 4.69) is 5.32 Å². The maximum atomic E-state index is 13.0. The molecule has 3 nitrogen and oxygen atoms in total. The second-order valence-corrected chi connectivity index (χ2v) is 4.29. The lowest BCUT2D eigenvalue weighted by molar-refractivity contribution is -0.130. The van der Waals surface area contributed by atoms with Crippen LogP contribution in [-0.2, 0) is 11.2 Å². The van der Waals surface area contributed by atoms with Gasteiger partial charge in [-0.1, -0.05) is 19.1 Å². The molecular formula is C14H21FN2O. The molecule has 1 N–H and O–H groups in total. The quantitative estimate of drug-likeness (QED) is 0.803. The van der Waals surface area contributed by atoms with E-state index in [0.29, 0.717) is 19.5 Å². The summed E-state index contributed by atoms with van der Waals surface area (Å²) in [6.45, 7) is 3.78. The van der Waals surface area contributed by atoms with Crippen molar-refractivity contribution in [1.82, 2.24) is 10.2 Å². The summed E-state index contributed by atoms with van der Waals surface area (Å²) < 4.78 is 13.0. The number of halogens is 1. The Kier molecular flexibility index (Phi) is 6.36. The van der Waals surface area contributed by atoms with Gasteiger partial charge in [-0.25, -0.2) is 4.39 Å². The van der Waals surface area contributed by atoms with E-state index in [0.717, 1.165) is 18.5 Å². The number of amides is 1. The first-order chi connectivity index (χ1) is 8.67. The smallest absolute Gasteiger partial charge is 0.236 e. The topological polar surface area (TPSA) is 32.3 Å². The fraction of sp³-hybridized carbons (Fsp3) is 0.500. The van der Waals surface area contributed by atoms with Crippen molar-refractivity contribution in [3.8, 4) is 0 Å². The van der Waals surface area contributed by atoms with Gasteiger partial charge in [-0.15, -0.1) is 0 Å². The van der Waals surface area contributed by atoms with Gasteiger partial charge in [0.25, 0.3) is 0 Å². The Morgan fingerprint density at radius 1 is 1.39 bits per heavy atom. The Hall–Kier alpha value is -1.42. The highest BCUT2D eigenvalue weighted by Crippen LogP contribution is 2.05. The van der Waals surface area contributed by atoms with E-state index in [1.54, 1.807) is 13.1 Å². The lowest BCUT2D eigenvalue weighted by Gasteiger charge is -2.22. The molecule has 0 spiro atoms. The molecule has 0 radical (unpaired) electrons. The minimum Gasteiger partial charge on any atom is -0.341 e. The van der Waals surface area contributed by atoms with Gasteiger partial charge in [0.15, 0.2) is 0 Å². The molecule has 1 aromatic carbocycles. The zero-order valence-corrected chi connectivity index (χ0v) is 11.1. The van der Waals surface area contributed by atoms with Crippen molar-refractivity contribution in [3.63, 3.8) is 0 Å². The van der Waals surface area contributed by atoms with E-state index in [9.17, 15) is 9.18 Å². The van der Waals surface area contributed by atoms with Crippen molar-refractivity contribution in [3.05, 3.63) is 35.6 Å². The van der Waals surface area contributed by atoms with E-state index in [-0.39, 0.29) is 11.7 Å². The SMILES string of the molecule is CCCN(CCc1cccc(F)c1)C(=O)CNC. The highest BCUT2D eigenvalue weighted by atomic mass is 19.1. The molecule has 100 valence electrons. The van der Waals surface area contributed by atoms with Crippen LogP contribution in [0.2, 0.25) is 0 Å². The lowest BCUT2D eigenvalue weighted by Crippen LogP contribution is -2.38.